The fraction of sp³-hybridized carbons (Fsp3) is 0.294. The summed E-state index contributed by atoms with van der Waals surface area (Å²) in [7, 11) is 1.55. The van der Waals surface area contributed by atoms with E-state index in [4.69, 9.17) is 4.74 Å². The first-order valence-corrected chi connectivity index (χ1v) is 7.59. The first-order chi connectivity index (χ1) is 9.93. The average Bonchev–Trinajstić information content (AvgIpc) is 2.42. The summed E-state index contributed by atoms with van der Waals surface area (Å²) in [5.74, 6) is 0.283. The topological polar surface area (TPSA) is 21.3 Å². The van der Waals surface area contributed by atoms with Crippen LogP contribution in [-0.2, 0) is 0 Å². The third kappa shape index (κ3) is 3.38. The van der Waals surface area contributed by atoms with Gasteiger partial charge in [-0.25, -0.2) is 4.39 Å². The number of ether oxygens (including phenoxy) is 1. The van der Waals surface area contributed by atoms with Crippen molar-refractivity contribution in [1.82, 2.24) is 0 Å². The second kappa shape index (κ2) is 6.48. The SMILES string of the molecule is COc1cccc(F)c1C(C)Nc1c(C)cc(C)cc1Br. The van der Waals surface area contributed by atoms with Gasteiger partial charge >= 0.3 is 0 Å². The van der Waals surface area contributed by atoms with Crippen LogP contribution in [0.4, 0.5) is 10.1 Å². The lowest BCUT2D eigenvalue weighted by Gasteiger charge is -2.21. The fourth-order valence-corrected chi connectivity index (χ4v) is 3.29. The minimum absolute atomic E-state index is 0.209. The molecule has 2 nitrogen and oxygen atoms in total. The van der Waals surface area contributed by atoms with Crippen LogP contribution in [0, 0.1) is 19.7 Å². The van der Waals surface area contributed by atoms with Crippen LogP contribution >= 0.6 is 15.9 Å². The summed E-state index contributed by atoms with van der Waals surface area (Å²) in [5, 5.41) is 3.37. The third-order valence-corrected chi connectivity index (χ3v) is 4.08. The van der Waals surface area contributed by atoms with Gasteiger partial charge in [-0.1, -0.05) is 12.1 Å². The molecule has 1 unspecified atom stereocenters. The number of aryl methyl sites for hydroxylation is 2. The summed E-state index contributed by atoms with van der Waals surface area (Å²) >= 11 is 3.57. The largest absolute Gasteiger partial charge is 0.496 e. The number of benzene rings is 2. The Kier molecular flexibility index (Phi) is 4.88. The number of hydrogen-bond acceptors (Lipinski definition) is 2. The summed E-state index contributed by atoms with van der Waals surface area (Å²) in [6.07, 6.45) is 0. The minimum Gasteiger partial charge on any atom is -0.496 e. The van der Waals surface area contributed by atoms with Crippen molar-refractivity contribution >= 4 is 21.6 Å². The monoisotopic (exact) mass is 351 g/mol. The molecule has 2 aromatic carbocycles. The molecule has 2 rings (SSSR count). The van der Waals surface area contributed by atoms with Gasteiger partial charge in [0, 0.05) is 4.47 Å². The zero-order valence-corrected chi connectivity index (χ0v) is 14.2. The lowest BCUT2D eigenvalue weighted by molar-refractivity contribution is 0.402. The van der Waals surface area contributed by atoms with Crippen LogP contribution in [0.15, 0.2) is 34.8 Å². The number of rotatable bonds is 4. The van der Waals surface area contributed by atoms with Gasteiger partial charge in [0.25, 0.3) is 0 Å². The molecule has 112 valence electrons. The number of nitrogens with one attached hydrogen (secondary N) is 1. The Morgan fingerprint density at radius 2 is 1.95 bits per heavy atom. The van der Waals surface area contributed by atoms with Crippen LogP contribution in [0.2, 0.25) is 0 Å². The summed E-state index contributed by atoms with van der Waals surface area (Å²) in [6, 6.07) is 8.80. The van der Waals surface area contributed by atoms with E-state index in [2.05, 4.69) is 27.3 Å². The van der Waals surface area contributed by atoms with E-state index in [0.29, 0.717) is 11.3 Å². The van der Waals surface area contributed by atoms with Gasteiger partial charge in [0.2, 0.25) is 0 Å². The van der Waals surface area contributed by atoms with E-state index in [-0.39, 0.29) is 11.9 Å². The first-order valence-electron chi connectivity index (χ1n) is 6.79. The van der Waals surface area contributed by atoms with Crippen molar-refractivity contribution in [3.63, 3.8) is 0 Å². The van der Waals surface area contributed by atoms with Crippen LogP contribution in [0.3, 0.4) is 0 Å². The van der Waals surface area contributed by atoms with Crippen LogP contribution in [0.25, 0.3) is 0 Å². The molecular formula is C17H19BrFNO. The molecule has 0 aliphatic carbocycles. The van der Waals surface area contributed by atoms with E-state index < -0.39 is 0 Å². The second-order valence-electron chi connectivity index (χ2n) is 5.16. The maximum absolute atomic E-state index is 14.1. The fourth-order valence-electron chi connectivity index (χ4n) is 2.50. The number of halogens is 2. The highest BCUT2D eigenvalue weighted by Crippen LogP contribution is 2.34. The standard InChI is InChI=1S/C17H19BrFNO/c1-10-8-11(2)17(13(18)9-10)20-12(3)16-14(19)6-5-7-15(16)21-4/h5-9,12,20H,1-4H3. The predicted octanol–water partition coefficient (Wildman–Crippen LogP) is 5.39. The van der Waals surface area contributed by atoms with Crippen LogP contribution < -0.4 is 10.1 Å². The van der Waals surface area contributed by atoms with Gasteiger partial charge in [0.15, 0.2) is 0 Å². The van der Waals surface area contributed by atoms with Crippen molar-refractivity contribution in [2.24, 2.45) is 0 Å². The summed E-state index contributed by atoms with van der Waals surface area (Å²) in [5.41, 5.74) is 3.80. The van der Waals surface area contributed by atoms with Gasteiger partial charge in [0.05, 0.1) is 24.4 Å². The molecule has 0 saturated heterocycles. The quantitative estimate of drug-likeness (QED) is 0.797. The molecule has 1 atom stereocenters. The zero-order valence-electron chi connectivity index (χ0n) is 12.6. The minimum atomic E-state index is -0.268. The normalized spacial score (nSPS) is 12.1. The Morgan fingerprint density at radius 1 is 1.24 bits per heavy atom. The Labute approximate surface area is 133 Å². The second-order valence-corrected chi connectivity index (χ2v) is 6.01. The average molecular weight is 352 g/mol. The molecule has 0 aliphatic rings. The molecule has 0 saturated carbocycles. The molecule has 4 heteroatoms. The smallest absolute Gasteiger partial charge is 0.132 e. The molecule has 0 fully saturated rings. The lowest BCUT2D eigenvalue weighted by Crippen LogP contribution is -2.11. The lowest BCUT2D eigenvalue weighted by atomic mass is 10.0. The Bertz CT molecular complexity index is 634. The highest BCUT2D eigenvalue weighted by Gasteiger charge is 2.18. The molecule has 0 bridgehead atoms. The van der Waals surface area contributed by atoms with E-state index in [1.807, 2.05) is 26.8 Å². The summed E-state index contributed by atoms with van der Waals surface area (Å²) < 4.78 is 20.4. The highest BCUT2D eigenvalue weighted by molar-refractivity contribution is 9.10. The van der Waals surface area contributed by atoms with Crippen molar-refractivity contribution in [3.05, 3.63) is 57.3 Å². The molecule has 1 N–H and O–H groups in total. The number of methoxy groups -OCH3 is 1. The van der Waals surface area contributed by atoms with Gasteiger partial charge in [-0.15, -0.1) is 0 Å². The Hall–Kier alpha value is -1.55. The van der Waals surface area contributed by atoms with E-state index in [1.54, 1.807) is 19.2 Å². The molecule has 0 aromatic heterocycles. The first kappa shape index (κ1) is 15.8. The van der Waals surface area contributed by atoms with Crippen molar-refractivity contribution in [2.45, 2.75) is 26.8 Å². The van der Waals surface area contributed by atoms with Gasteiger partial charge in [-0.2, -0.15) is 0 Å². The van der Waals surface area contributed by atoms with Gasteiger partial charge in [-0.05, 0) is 66.0 Å². The van der Waals surface area contributed by atoms with E-state index in [1.165, 1.54) is 11.6 Å². The van der Waals surface area contributed by atoms with E-state index in [9.17, 15) is 4.39 Å². The maximum Gasteiger partial charge on any atom is 0.132 e. The zero-order chi connectivity index (χ0) is 15.6. The Balaban J connectivity index is 2.37. The van der Waals surface area contributed by atoms with Crippen molar-refractivity contribution < 1.29 is 9.13 Å². The van der Waals surface area contributed by atoms with Gasteiger partial charge in [-0.3, -0.25) is 0 Å². The molecule has 0 radical (unpaired) electrons. The van der Waals surface area contributed by atoms with E-state index >= 15 is 0 Å². The molecule has 0 heterocycles. The van der Waals surface area contributed by atoms with Crippen molar-refractivity contribution in [2.75, 3.05) is 12.4 Å². The van der Waals surface area contributed by atoms with Gasteiger partial charge < -0.3 is 10.1 Å². The van der Waals surface area contributed by atoms with Crippen LogP contribution in [-0.4, -0.2) is 7.11 Å². The summed E-state index contributed by atoms with van der Waals surface area (Å²) in [4.78, 5) is 0. The third-order valence-electron chi connectivity index (χ3n) is 3.46. The van der Waals surface area contributed by atoms with Gasteiger partial charge in [0.1, 0.15) is 11.6 Å². The molecule has 0 aliphatic heterocycles. The molecule has 0 amide bonds. The maximum atomic E-state index is 14.1. The van der Waals surface area contributed by atoms with Crippen LogP contribution in [0.5, 0.6) is 5.75 Å². The van der Waals surface area contributed by atoms with Crippen LogP contribution in [0.1, 0.15) is 29.7 Å². The Morgan fingerprint density at radius 3 is 2.57 bits per heavy atom. The van der Waals surface area contributed by atoms with Crippen molar-refractivity contribution in [1.29, 1.82) is 0 Å². The number of hydrogen-bond donors (Lipinski definition) is 1. The molecule has 0 spiro atoms. The summed E-state index contributed by atoms with van der Waals surface area (Å²) in [6.45, 7) is 6.00. The molecule has 21 heavy (non-hydrogen) atoms. The molecular weight excluding hydrogens is 333 g/mol. The highest BCUT2D eigenvalue weighted by atomic mass is 79.9. The number of anilines is 1. The van der Waals surface area contributed by atoms with Crippen molar-refractivity contribution in [3.8, 4) is 5.75 Å². The molecule has 2 aromatic rings. The predicted molar refractivity (Wildman–Crippen MR) is 88.6 cm³/mol. The van der Waals surface area contributed by atoms with E-state index in [0.717, 1.165) is 15.7 Å².